The van der Waals surface area contributed by atoms with Crippen molar-refractivity contribution in [3.63, 3.8) is 0 Å². The Hall–Kier alpha value is -3.24. The summed E-state index contributed by atoms with van der Waals surface area (Å²) >= 11 is 5.62. The van der Waals surface area contributed by atoms with Crippen molar-refractivity contribution in [1.82, 2.24) is 19.2 Å². The average Bonchev–Trinajstić information content (AvgIpc) is 3.37. The van der Waals surface area contributed by atoms with Crippen molar-refractivity contribution >= 4 is 24.1 Å². The first-order valence-electron chi connectivity index (χ1n) is 9.72. The number of primary amides is 1. The van der Waals surface area contributed by atoms with Crippen molar-refractivity contribution in [3.8, 4) is 11.6 Å². The van der Waals surface area contributed by atoms with E-state index in [9.17, 15) is 9.59 Å². The molecule has 2 aromatic heterocycles. The van der Waals surface area contributed by atoms with Gasteiger partial charge in [-0.1, -0.05) is 24.3 Å². The summed E-state index contributed by atoms with van der Waals surface area (Å²) in [6.45, 7) is 3.12. The molecule has 10 heteroatoms. The van der Waals surface area contributed by atoms with Gasteiger partial charge in [0.25, 0.3) is 0 Å². The van der Waals surface area contributed by atoms with Crippen LogP contribution < -0.4 is 5.73 Å². The van der Waals surface area contributed by atoms with Crippen LogP contribution in [0.15, 0.2) is 47.1 Å². The van der Waals surface area contributed by atoms with Gasteiger partial charge in [0, 0.05) is 19.5 Å². The highest BCUT2D eigenvalue weighted by molar-refractivity contribution is 7.71. The first kappa shape index (κ1) is 22.4. The molecule has 2 N–H and O–H groups in total. The maximum Gasteiger partial charge on any atom is 0.319 e. The van der Waals surface area contributed by atoms with Crippen LogP contribution in [0.3, 0.4) is 0 Å². The molecule has 1 amide bonds. The molecule has 164 valence electrons. The minimum atomic E-state index is -0.438. The van der Waals surface area contributed by atoms with E-state index in [1.807, 2.05) is 36.1 Å². The minimum absolute atomic E-state index is 0.0663. The quantitative estimate of drug-likeness (QED) is 0.379. The van der Waals surface area contributed by atoms with Gasteiger partial charge in [0.05, 0.1) is 26.6 Å². The van der Waals surface area contributed by atoms with E-state index in [1.54, 1.807) is 21.4 Å². The molecular formula is C21H25N5O4S. The van der Waals surface area contributed by atoms with Crippen LogP contribution in [-0.4, -0.2) is 44.8 Å². The zero-order valence-corrected chi connectivity index (χ0v) is 18.3. The van der Waals surface area contributed by atoms with E-state index in [2.05, 4.69) is 5.10 Å². The second kappa shape index (κ2) is 10.2. The fourth-order valence-electron chi connectivity index (χ4n) is 3.17. The summed E-state index contributed by atoms with van der Waals surface area (Å²) in [6, 6.07) is 11.5. The largest absolute Gasteiger partial charge is 0.468 e. The Bertz CT molecular complexity index is 1100. The highest BCUT2D eigenvalue weighted by Gasteiger charge is 2.19. The predicted octanol–water partition coefficient (Wildman–Crippen LogP) is 2.49. The van der Waals surface area contributed by atoms with Crippen LogP contribution in [0.4, 0.5) is 0 Å². The molecule has 0 aliphatic rings. The molecule has 0 saturated heterocycles. The Kier molecular flexibility index (Phi) is 7.37. The predicted molar refractivity (Wildman–Crippen MR) is 116 cm³/mol. The summed E-state index contributed by atoms with van der Waals surface area (Å²) in [5.74, 6) is 0.212. The molecular weight excluding hydrogens is 418 g/mol. The Morgan fingerprint density at radius 2 is 2.03 bits per heavy atom. The van der Waals surface area contributed by atoms with Gasteiger partial charge in [0.15, 0.2) is 16.4 Å². The van der Waals surface area contributed by atoms with Crippen LogP contribution >= 0.6 is 12.2 Å². The molecule has 9 nitrogen and oxygen atoms in total. The number of hydrogen-bond donors (Lipinski definition) is 1. The van der Waals surface area contributed by atoms with E-state index in [0.717, 1.165) is 11.1 Å². The lowest BCUT2D eigenvalue weighted by molar-refractivity contribution is -0.142. The Labute approximate surface area is 185 Å². The number of furan rings is 1. The molecule has 0 aliphatic heterocycles. The van der Waals surface area contributed by atoms with Gasteiger partial charge in [-0.25, -0.2) is 4.68 Å². The lowest BCUT2D eigenvalue weighted by Crippen LogP contribution is -2.33. The standard InChI is InChI=1S/C21H25N5O4S/c1-15-6-3-4-7-16(15)12-24(13-19(28)29-2)14-26-21(31)25(10-9-18(22)27)20(23-26)17-8-5-11-30-17/h3-8,11H,9-10,12-14H2,1-2H3,(H2,22,27). The third-order valence-electron chi connectivity index (χ3n) is 4.82. The summed E-state index contributed by atoms with van der Waals surface area (Å²) < 4.78 is 14.1. The zero-order chi connectivity index (χ0) is 22.4. The number of carbonyl (C=O) groups excluding carboxylic acids is 2. The van der Waals surface area contributed by atoms with Gasteiger partial charge in [-0.2, -0.15) is 0 Å². The number of benzene rings is 1. The lowest BCUT2D eigenvalue weighted by atomic mass is 10.1. The maximum absolute atomic E-state index is 12.0. The smallest absolute Gasteiger partial charge is 0.319 e. The molecule has 0 atom stereocenters. The summed E-state index contributed by atoms with van der Waals surface area (Å²) in [5, 5.41) is 4.60. The molecule has 0 radical (unpaired) electrons. The highest BCUT2D eigenvalue weighted by Crippen LogP contribution is 2.20. The molecule has 3 aromatic rings. The fraction of sp³-hybridized carbons (Fsp3) is 0.333. The number of esters is 1. The topological polar surface area (TPSA) is 109 Å². The monoisotopic (exact) mass is 443 g/mol. The van der Waals surface area contributed by atoms with Crippen molar-refractivity contribution in [3.05, 3.63) is 58.6 Å². The Morgan fingerprint density at radius 3 is 2.68 bits per heavy atom. The molecule has 0 fully saturated rings. The fourth-order valence-corrected chi connectivity index (χ4v) is 3.44. The van der Waals surface area contributed by atoms with E-state index in [4.69, 9.17) is 27.1 Å². The van der Waals surface area contributed by atoms with Crippen molar-refractivity contribution in [2.75, 3.05) is 13.7 Å². The van der Waals surface area contributed by atoms with E-state index in [0.29, 0.717) is 22.9 Å². The zero-order valence-electron chi connectivity index (χ0n) is 17.5. The normalized spacial score (nSPS) is 11.1. The number of nitrogens with two attached hydrogens (primary N) is 1. The number of ether oxygens (including phenoxy) is 1. The molecule has 0 saturated carbocycles. The van der Waals surface area contributed by atoms with Gasteiger partial charge in [-0.15, -0.1) is 5.10 Å². The molecule has 0 spiro atoms. The van der Waals surface area contributed by atoms with Crippen LogP contribution in [0.25, 0.3) is 11.6 Å². The highest BCUT2D eigenvalue weighted by atomic mass is 32.1. The number of methoxy groups -OCH3 is 1. The maximum atomic E-state index is 12.0. The van der Waals surface area contributed by atoms with Gasteiger partial charge in [-0.05, 0) is 42.4 Å². The van der Waals surface area contributed by atoms with E-state index >= 15 is 0 Å². The molecule has 31 heavy (non-hydrogen) atoms. The number of nitrogens with zero attached hydrogens (tertiary/aromatic N) is 4. The van der Waals surface area contributed by atoms with Gasteiger partial charge in [0.2, 0.25) is 5.91 Å². The number of amides is 1. The van der Waals surface area contributed by atoms with E-state index < -0.39 is 5.91 Å². The second-order valence-electron chi connectivity index (χ2n) is 7.08. The van der Waals surface area contributed by atoms with Crippen molar-refractivity contribution < 1.29 is 18.7 Å². The summed E-state index contributed by atoms with van der Waals surface area (Å²) in [5.41, 5.74) is 7.52. The van der Waals surface area contributed by atoms with Gasteiger partial charge < -0.3 is 14.9 Å². The first-order valence-corrected chi connectivity index (χ1v) is 10.1. The third-order valence-corrected chi connectivity index (χ3v) is 5.25. The van der Waals surface area contributed by atoms with Crippen molar-refractivity contribution in [2.24, 2.45) is 5.73 Å². The number of carbonyl (C=O) groups is 2. The summed E-state index contributed by atoms with van der Waals surface area (Å²) in [7, 11) is 1.35. The average molecular weight is 444 g/mol. The van der Waals surface area contributed by atoms with Crippen molar-refractivity contribution in [2.45, 2.75) is 33.1 Å². The van der Waals surface area contributed by atoms with Crippen LogP contribution in [0.2, 0.25) is 0 Å². The van der Waals surface area contributed by atoms with Crippen LogP contribution in [0, 0.1) is 11.7 Å². The third kappa shape index (κ3) is 5.68. The van der Waals surface area contributed by atoms with Crippen LogP contribution in [0.1, 0.15) is 17.5 Å². The molecule has 2 heterocycles. The van der Waals surface area contributed by atoms with Gasteiger partial charge >= 0.3 is 5.97 Å². The van der Waals surface area contributed by atoms with Crippen LogP contribution in [0.5, 0.6) is 0 Å². The number of aromatic nitrogens is 3. The number of rotatable bonds is 10. The SMILES string of the molecule is COC(=O)CN(Cc1ccccc1C)Cn1nc(-c2ccco2)n(CCC(N)=O)c1=S. The summed E-state index contributed by atoms with van der Waals surface area (Å²) in [6.07, 6.45) is 1.65. The molecule has 0 aliphatic carbocycles. The Balaban J connectivity index is 1.93. The molecule has 3 rings (SSSR count). The lowest BCUT2D eigenvalue weighted by Gasteiger charge is -2.21. The van der Waals surface area contributed by atoms with Gasteiger partial charge in [-0.3, -0.25) is 19.1 Å². The Morgan fingerprint density at radius 1 is 1.26 bits per heavy atom. The van der Waals surface area contributed by atoms with E-state index in [1.165, 1.54) is 13.4 Å². The second-order valence-corrected chi connectivity index (χ2v) is 7.45. The van der Waals surface area contributed by atoms with E-state index in [-0.39, 0.29) is 32.1 Å². The molecule has 0 unspecified atom stereocenters. The summed E-state index contributed by atoms with van der Waals surface area (Å²) in [4.78, 5) is 25.2. The van der Waals surface area contributed by atoms with Crippen LogP contribution in [-0.2, 0) is 34.1 Å². The molecule has 1 aromatic carbocycles. The van der Waals surface area contributed by atoms with Crippen molar-refractivity contribution in [1.29, 1.82) is 0 Å². The molecule has 0 bridgehead atoms. The van der Waals surface area contributed by atoms with Gasteiger partial charge in [0.1, 0.15) is 0 Å². The number of aryl methyl sites for hydroxylation is 1. The minimum Gasteiger partial charge on any atom is -0.468 e. The first-order chi connectivity index (χ1) is 14.9. The number of hydrogen-bond acceptors (Lipinski definition) is 7.